The summed E-state index contributed by atoms with van der Waals surface area (Å²) in [4.78, 5) is 74.5. The third kappa shape index (κ3) is 8.06. The summed E-state index contributed by atoms with van der Waals surface area (Å²) in [5.74, 6) is -4.84. The minimum Gasteiger partial charge on any atom is -0.481 e. The van der Waals surface area contributed by atoms with Crippen LogP contribution in [0.5, 0.6) is 0 Å². The van der Waals surface area contributed by atoms with Crippen LogP contribution in [0.1, 0.15) is 49.7 Å². The number of H-pyrrole nitrogens is 1. The molecule has 0 radical (unpaired) electrons. The highest BCUT2D eigenvalue weighted by Crippen LogP contribution is 2.26. The number of carboxylic acids is 1. The maximum absolute atomic E-state index is 13.5. The van der Waals surface area contributed by atoms with Gasteiger partial charge < -0.3 is 10.4 Å². The third-order valence-electron chi connectivity index (χ3n) is 5.65. The van der Waals surface area contributed by atoms with Gasteiger partial charge in [0.25, 0.3) is 11.5 Å². The molecule has 3 aromatic rings. The summed E-state index contributed by atoms with van der Waals surface area (Å²) in [5.41, 5.74) is -1.64. The van der Waals surface area contributed by atoms with Gasteiger partial charge in [0.15, 0.2) is 11.2 Å². The molecule has 0 bridgehead atoms. The second-order valence-corrected chi connectivity index (χ2v) is 9.33. The first-order valence-corrected chi connectivity index (χ1v) is 12.2. The van der Waals surface area contributed by atoms with Gasteiger partial charge >= 0.3 is 18.1 Å². The van der Waals surface area contributed by atoms with Crippen LogP contribution in [-0.4, -0.2) is 61.0 Å². The largest absolute Gasteiger partial charge is 0.481 e. The van der Waals surface area contributed by atoms with E-state index >= 15 is 0 Å². The number of aliphatic carboxylic acids is 1. The van der Waals surface area contributed by atoms with Crippen molar-refractivity contribution >= 4 is 46.5 Å². The molecule has 0 unspecified atom stereocenters. The van der Waals surface area contributed by atoms with Gasteiger partial charge in [-0.15, -0.1) is 0 Å². The number of hydrogen-bond donors (Lipinski definition) is 4. The lowest BCUT2D eigenvalue weighted by atomic mass is 10.1. The Balaban J connectivity index is 1.86. The van der Waals surface area contributed by atoms with Gasteiger partial charge in [-0.1, -0.05) is 13.8 Å². The van der Waals surface area contributed by atoms with E-state index in [1.165, 1.54) is 12.1 Å². The van der Waals surface area contributed by atoms with Gasteiger partial charge in [-0.2, -0.15) is 18.2 Å². The molecular formula is C25H26F3N7O6. The first-order valence-electron chi connectivity index (χ1n) is 12.2. The van der Waals surface area contributed by atoms with Crippen molar-refractivity contribution in [2.24, 2.45) is 5.92 Å². The van der Waals surface area contributed by atoms with Gasteiger partial charge in [-0.25, -0.2) is 9.97 Å². The smallest absolute Gasteiger partial charge is 0.471 e. The molecule has 0 aliphatic rings. The number of amides is 3. The van der Waals surface area contributed by atoms with E-state index in [1.807, 2.05) is 0 Å². The molecule has 218 valence electrons. The number of fused-ring (bicyclic) bond motifs is 1. The summed E-state index contributed by atoms with van der Waals surface area (Å²) in [6.07, 6.45) is -4.21. The fourth-order valence-corrected chi connectivity index (χ4v) is 3.46. The highest BCUT2D eigenvalue weighted by atomic mass is 19.4. The predicted octanol–water partition coefficient (Wildman–Crippen LogP) is 2.39. The Bertz CT molecular complexity index is 1520. The van der Waals surface area contributed by atoms with Crippen molar-refractivity contribution in [1.29, 1.82) is 0 Å². The number of rotatable bonds is 10. The summed E-state index contributed by atoms with van der Waals surface area (Å²) in [7, 11) is 0. The number of benzene rings is 1. The van der Waals surface area contributed by atoms with Crippen molar-refractivity contribution in [3.63, 3.8) is 0 Å². The average Bonchev–Trinajstić information content (AvgIpc) is 2.90. The summed E-state index contributed by atoms with van der Waals surface area (Å²) < 4.78 is 40.4. The Morgan fingerprint density at radius 1 is 1.07 bits per heavy atom. The van der Waals surface area contributed by atoms with Gasteiger partial charge in [0.05, 0.1) is 18.4 Å². The number of carbonyl (C=O) groups is 4. The van der Waals surface area contributed by atoms with Gasteiger partial charge in [-0.05, 0) is 37.6 Å². The second kappa shape index (κ2) is 12.5. The topological polar surface area (TPSA) is 187 Å². The van der Waals surface area contributed by atoms with Crippen LogP contribution in [0.15, 0.2) is 35.3 Å². The van der Waals surface area contributed by atoms with Crippen molar-refractivity contribution in [2.45, 2.75) is 52.4 Å². The molecular weight excluding hydrogens is 551 g/mol. The predicted molar refractivity (Wildman–Crippen MR) is 139 cm³/mol. The average molecular weight is 578 g/mol. The van der Waals surface area contributed by atoms with Crippen molar-refractivity contribution in [3.8, 4) is 0 Å². The van der Waals surface area contributed by atoms with Gasteiger partial charge in [-0.3, -0.25) is 39.2 Å². The van der Waals surface area contributed by atoms with Gasteiger partial charge in [0, 0.05) is 29.6 Å². The molecule has 16 heteroatoms. The minimum atomic E-state index is -5.26. The van der Waals surface area contributed by atoms with Crippen LogP contribution in [0, 0.1) is 5.92 Å². The SMILES string of the molecule is CC(C)C(=O)Nc1nc2ncc(CN(C(=O)C(F)(F)F)c3ccc(C(=O)N[C@H](C)CCC(=O)O)cc3)nc2c(=O)[nH]1. The fourth-order valence-electron chi connectivity index (χ4n) is 3.46. The van der Waals surface area contributed by atoms with E-state index in [0.717, 1.165) is 18.3 Å². The summed E-state index contributed by atoms with van der Waals surface area (Å²) in [6, 6.07) is 4.20. The van der Waals surface area contributed by atoms with Crippen molar-refractivity contribution in [3.05, 3.63) is 52.1 Å². The zero-order valence-electron chi connectivity index (χ0n) is 22.1. The number of nitrogens with zero attached hydrogens (tertiary/aromatic N) is 4. The van der Waals surface area contributed by atoms with Crippen molar-refractivity contribution in [1.82, 2.24) is 25.3 Å². The lowest BCUT2D eigenvalue weighted by Crippen LogP contribution is -2.41. The molecule has 2 aromatic heterocycles. The summed E-state index contributed by atoms with van der Waals surface area (Å²) >= 11 is 0. The second-order valence-electron chi connectivity index (χ2n) is 9.33. The van der Waals surface area contributed by atoms with E-state index in [-0.39, 0.29) is 46.9 Å². The number of carbonyl (C=O) groups excluding carboxylic acids is 3. The number of anilines is 2. The maximum Gasteiger partial charge on any atom is 0.471 e. The molecule has 13 nitrogen and oxygen atoms in total. The van der Waals surface area contributed by atoms with Crippen LogP contribution in [0.4, 0.5) is 24.8 Å². The molecule has 41 heavy (non-hydrogen) atoms. The Labute approximate surface area is 230 Å². The number of hydrogen-bond acceptors (Lipinski definition) is 8. The van der Waals surface area contributed by atoms with Crippen LogP contribution in [0.25, 0.3) is 11.2 Å². The van der Waals surface area contributed by atoms with Gasteiger partial charge in [0.2, 0.25) is 11.9 Å². The standard InChI is InChI=1S/C25H26F3N7O6/c1-12(2)20(38)33-24-32-19-18(22(40)34-24)31-15(10-29-19)11-35(23(41)25(26,27)28)16-7-5-14(6-8-16)21(39)30-13(3)4-9-17(36)37/h5-8,10,12-13H,4,9,11H2,1-3H3,(H,30,39)(H,36,37)(H2,29,32,33,34,38,40)/t13-/m1/s1. The van der Waals surface area contributed by atoms with Crippen molar-refractivity contribution < 1.29 is 37.5 Å². The lowest BCUT2D eigenvalue weighted by molar-refractivity contribution is -0.170. The summed E-state index contributed by atoms with van der Waals surface area (Å²) in [5, 5.41) is 13.7. The Morgan fingerprint density at radius 3 is 2.32 bits per heavy atom. The molecule has 4 N–H and O–H groups in total. The Hall–Kier alpha value is -4.89. The minimum absolute atomic E-state index is 0.0683. The van der Waals surface area contributed by atoms with E-state index in [2.05, 4.69) is 30.6 Å². The molecule has 0 saturated carbocycles. The molecule has 0 saturated heterocycles. The monoisotopic (exact) mass is 577 g/mol. The molecule has 1 atom stereocenters. The number of alkyl halides is 3. The molecule has 0 aliphatic carbocycles. The van der Waals surface area contributed by atoms with E-state index in [4.69, 9.17) is 5.11 Å². The van der Waals surface area contributed by atoms with Crippen LogP contribution >= 0.6 is 0 Å². The molecule has 0 fully saturated rings. The molecule has 3 rings (SSSR count). The van der Waals surface area contributed by atoms with Crippen LogP contribution < -0.4 is 21.1 Å². The summed E-state index contributed by atoms with van der Waals surface area (Å²) in [6.45, 7) is 4.13. The third-order valence-corrected chi connectivity index (χ3v) is 5.65. The van der Waals surface area contributed by atoms with Crippen LogP contribution in [0.3, 0.4) is 0 Å². The number of aromatic amines is 1. The maximum atomic E-state index is 13.5. The Morgan fingerprint density at radius 2 is 1.73 bits per heavy atom. The molecule has 2 heterocycles. The first-order chi connectivity index (χ1) is 19.1. The van der Waals surface area contributed by atoms with E-state index in [1.54, 1.807) is 20.8 Å². The highest BCUT2D eigenvalue weighted by Gasteiger charge is 2.43. The normalized spacial score (nSPS) is 12.2. The number of nitrogens with one attached hydrogen (secondary N) is 3. The molecule has 0 spiro atoms. The van der Waals surface area contributed by atoms with E-state index < -0.39 is 53.9 Å². The van der Waals surface area contributed by atoms with Gasteiger partial charge in [0.1, 0.15) is 0 Å². The lowest BCUT2D eigenvalue weighted by Gasteiger charge is -2.24. The number of carboxylic acid groups (broad SMARTS) is 1. The van der Waals surface area contributed by atoms with E-state index in [9.17, 15) is 37.1 Å². The zero-order chi connectivity index (χ0) is 30.5. The van der Waals surface area contributed by atoms with E-state index in [0.29, 0.717) is 4.90 Å². The highest BCUT2D eigenvalue weighted by molar-refractivity contribution is 5.99. The Kier molecular flexibility index (Phi) is 9.36. The zero-order valence-corrected chi connectivity index (χ0v) is 22.1. The molecule has 3 amide bonds. The van der Waals surface area contributed by atoms with Crippen LogP contribution in [0.2, 0.25) is 0 Å². The molecule has 0 aliphatic heterocycles. The number of aromatic nitrogens is 4. The fraction of sp³-hybridized carbons (Fsp3) is 0.360. The number of halogens is 3. The first kappa shape index (κ1) is 30.6. The molecule has 1 aromatic carbocycles. The quantitative estimate of drug-likeness (QED) is 0.281. The van der Waals surface area contributed by atoms with Crippen molar-refractivity contribution in [2.75, 3.05) is 10.2 Å². The van der Waals surface area contributed by atoms with Crippen LogP contribution in [-0.2, 0) is 20.9 Å².